The van der Waals surface area contributed by atoms with Crippen LogP contribution >= 0.6 is 0 Å². The van der Waals surface area contributed by atoms with Crippen LogP contribution in [0.5, 0.6) is 5.75 Å². The van der Waals surface area contributed by atoms with E-state index < -0.39 is 6.09 Å². The van der Waals surface area contributed by atoms with E-state index in [2.05, 4.69) is 12.2 Å². The molecule has 2 N–H and O–H groups in total. The third-order valence-corrected chi connectivity index (χ3v) is 4.13. The van der Waals surface area contributed by atoms with Crippen LogP contribution in [-0.2, 0) is 4.74 Å². The number of carbonyl (C=O) groups is 1. The van der Waals surface area contributed by atoms with Crippen molar-refractivity contribution in [2.45, 2.75) is 39.0 Å². The minimum Gasteiger partial charge on any atom is -0.491 e. The van der Waals surface area contributed by atoms with Gasteiger partial charge in [-0.3, -0.25) is 5.32 Å². The molecule has 1 aliphatic rings. The Morgan fingerprint density at radius 3 is 2.74 bits per heavy atom. The fourth-order valence-corrected chi connectivity index (χ4v) is 2.79. The van der Waals surface area contributed by atoms with Gasteiger partial charge < -0.3 is 14.4 Å². The molecule has 1 aromatic rings. The summed E-state index contributed by atoms with van der Waals surface area (Å²) in [5.74, 6) is 0.700. The fraction of sp³-hybridized carbons (Fsp3) is 0.611. The Hall–Kier alpha value is -1.75. The van der Waals surface area contributed by atoms with Gasteiger partial charge in [0.05, 0.1) is 25.4 Å². The van der Waals surface area contributed by atoms with Crippen LogP contribution in [-0.4, -0.2) is 38.9 Å². The average molecular weight is 321 g/mol. The summed E-state index contributed by atoms with van der Waals surface area (Å²) in [5.41, 5.74) is 0.669. The molecule has 0 aromatic heterocycles. The number of ether oxygens (including phenoxy) is 2. The van der Waals surface area contributed by atoms with Crippen molar-refractivity contribution in [1.82, 2.24) is 0 Å². The molecular weight excluding hydrogens is 292 g/mol. The Morgan fingerprint density at radius 2 is 1.96 bits per heavy atom. The summed E-state index contributed by atoms with van der Waals surface area (Å²) in [6.45, 7) is 6.57. The van der Waals surface area contributed by atoms with Crippen LogP contribution in [0.15, 0.2) is 24.3 Å². The van der Waals surface area contributed by atoms with Crippen LogP contribution in [0, 0.1) is 0 Å². The van der Waals surface area contributed by atoms with Crippen molar-refractivity contribution >= 4 is 11.8 Å². The number of para-hydroxylation sites is 2. The molecule has 1 saturated heterocycles. The maximum Gasteiger partial charge on any atom is 0.411 e. The highest BCUT2D eigenvalue weighted by Crippen LogP contribution is 2.24. The van der Waals surface area contributed by atoms with Crippen molar-refractivity contribution in [1.29, 1.82) is 0 Å². The van der Waals surface area contributed by atoms with Crippen molar-refractivity contribution in [3.63, 3.8) is 0 Å². The Labute approximate surface area is 139 Å². The van der Waals surface area contributed by atoms with Gasteiger partial charge in [-0.2, -0.15) is 0 Å². The van der Waals surface area contributed by atoms with Crippen molar-refractivity contribution < 1.29 is 19.2 Å². The molecule has 0 bridgehead atoms. The van der Waals surface area contributed by atoms with Gasteiger partial charge in [0.15, 0.2) is 0 Å². The number of hydrogen-bond donors (Lipinski definition) is 2. The maximum atomic E-state index is 11.9. The normalized spacial score (nSPS) is 14.7. The Kier molecular flexibility index (Phi) is 7.73. The van der Waals surface area contributed by atoms with Crippen molar-refractivity contribution in [2.24, 2.45) is 0 Å². The first kappa shape index (κ1) is 17.6. The highest BCUT2D eigenvalue weighted by Gasteiger charge is 2.15. The molecule has 1 fully saturated rings. The molecule has 0 radical (unpaired) electrons. The zero-order chi connectivity index (χ0) is 16.3. The first-order valence-electron chi connectivity index (χ1n) is 8.78. The van der Waals surface area contributed by atoms with E-state index in [1.165, 1.54) is 30.8 Å². The summed E-state index contributed by atoms with van der Waals surface area (Å²) in [6, 6.07) is 7.49. The summed E-state index contributed by atoms with van der Waals surface area (Å²) in [6.07, 6.45) is 5.49. The van der Waals surface area contributed by atoms with Gasteiger partial charge in [-0.15, -0.1) is 0 Å². The number of rotatable bonds is 9. The number of hydrogen-bond acceptors (Lipinski definition) is 3. The van der Waals surface area contributed by atoms with E-state index in [0.717, 1.165) is 25.8 Å². The van der Waals surface area contributed by atoms with E-state index >= 15 is 0 Å². The highest BCUT2D eigenvalue weighted by atomic mass is 16.5. The number of nitrogens with one attached hydrogen (secondary N) is 2. The average Bonchev–Trinajstić information content (AvgIpc) is 3.06. The zero-order valence-electron chi connectivity index (χ0n) is 14.1. The summed E-state index contributed by atoms with van der Waals surface area (Å²) in [7, 11) is 0. The molecule has 5 heteroatoms. The molecule has 2 rings (SSSR count). The SMILES string of the molecule is CCCCCOc1ccccc1NC(=O)OCC[NH+]1CCCC1. The van der Waals surface area contributed by atoms with Gasteiger partial charge in [-0.25, -0.2) is 4.79 Å². The van der Waals surface area contributed by atoms with E-state index in [1.54, 1.807) is 0 Å². The van der Waals surface area contributed by atoms with E-state index in [9.17, 15) is 4.79 Å². The maximum absolute atomic E-state index is 11.9. The molecule has 23 heavy (non-hydrogen) atoms. The lowest BCUT2D eigenvalue weighted by Gasteiger charge is -2.14. The van der Waals surface area contributed by atoms with E-state index in [4.69, 9.17) is 9.47 Å². The lowest BCUT2D eigenvalue weighted by molar-refractivity contribution is -0.887. The van der Waals surface area contributed by atoms with Gasteiger partial charge in [0, 0.05) is 12.8 Å². The molecule has 0 atom stereocenters. The molecule has 128 valence electrons. The van der Waals surface area contributed by atoms with Crippen LogP contribution < -0.4 is 15.0 Å². The third kappa shape index (κ3) is 6.48. The van der Waals surface area contributed by atoms with E-state index in [1.807, 2.05) is 24.3 Å². The van der Waals surface area contributed by atoms with E-state index in [-0.39, 0.29) is 0 Å². The standard InChI is InChI=1S/C18H28N2O3/c1-2-3-8-14-22-17-10-5-4-9-16(17)19-18(21)23-15-13-20-11-6-7-12-20/h4-5,9-10H,2-3,6-8,11-15H2,1H3,(H,19,21)/p+1. The Balaban J connectivity index is 1.73. The molecular formula is C18H29N2O3+. The molecule has 0 aliphatic carbocycles. The van der Waals surface area contributed by atoms with Crippen molar-refractivity contribution in [2.75, 3.05) is 38.2 Å². The predicted octanol–water partition coefficient (Wildman–Crippen LogP) is 2.48. The second kappa shape index (κ2) is 10.1. The van der Waals surface area contributed by atoms with Gasteiger partial charge in [0.25, 0.3) is 0 Å². The number of likely N-dealkylation sites (tertiary alicyclic amines) is 1. The monoisotopic (exact) mass is 321 g/mol. The zero-order valence-corrected chi connectivity index (χ0v) is 14.1. The fourth-order valence-electron chi connectivity index (χ4n) is 2.79. The minimum atomic E-state index is -0.409. The molecule has 0 spiro atoms. The number of quaternary nitrogens is 1. The lowest BCUT2D eigenvalue weighted by atomic mass is 10.2. The number of anilines is 1. The lowest BCUT2D eigenvalue weighted by Crippen LogP contribution is -3.10. The number of unbranched alkanes of at least 4 members (excludes halogenated alkanes) is 2. The molecule has 1 amide bonds. The molecule has 1 aromatic carbocycles. The Bertz CT molecular complexity index is 473. The molecule has 5 nitrogen and oxygen atoms in total. The summed E-state index contributed by atoms with van der Waals surface area (Å²) in [5, 5.41) is 2.78. The van der Waals surface area contributed by atoms with Crippen LogP contribution in [0.3, 0.4) is 0 Å². The van der Waals surface area contributed by atoms with Gasteiger partial charge in [-0.1, -0.05) is 31.9 Å². The third-order valence-electron chi connectivity index (χ3n) is 4.13. The van der Waals surface area contributed by atoms with Crippen LogP contribution in [0.25, 0.3) is 0 Å². The first-order chi connectivity index (χ1) is 11.3. The van der Waals surface area contributed by atoms with Gasteiger partial charge in [0.1, 0.15) is 18.9 Å². The van der Waals surface area contributed by atoms with Gasteiger partial charge >= 0.3 is 6.09 Å². The molecule has 0 unspecified atom stereocenters. The topological polar surface area (TPSA) is 52.0 Å². The van der Waals surface area contributed by atoms with E-state index in [0.29, 0.717) is 24.7 Å². The molecule has 1 aliphatic heterocycles. The number of benzene rings is 1. The van der Waals surface area contributed by atoms with Gasteiger partial charge in [-0.05, 0) is 18.6 Å². The summed E-state index contributed by atoms with van der Waals surface area (Å²) in [4.78, 5) is 13.4. The van der Waals surface area contributed by atoms with Crippen LogP contribution in [0.1, 0.15) is 39.0 Å². The second-order valence-electron chi connectivity index (χ2n) is 6.02. The molecule has 0 saturated carbocycles. The Morgan fingerprint density at radius 1 is 1.17 bits per heavy atom. The van der Waals surface area contributed by atoms with Crippen molar-refractivity contribution in [3.05, 3.63) is 24.3 Å². The van der Waals surface area contributed by atoms with Crippen LogP contribution in [0.2, 0.25) is 0 Å². The minimum absolute atomic E-state index is 0.409. The number of carbonyl (C=O) groups excluding carboxylic acids is 1. The highest BCUT2D eigenvalue weighted by molar-refractivity contribution is 5.86. The van der Waals surface area contributed by atoms with Gasteiger partial charge in [0.2, 0.25) is 0 Å². The number of amides is 1. The summed E-state index contributed by atoms with van der Waals surface area (Å²) < 4.78 is 11.0. The second-order valence-corrected chi connectivity index (χ2v) is 6.02. The summed E-state index contributed by atoms with van der Waals surface area (Å²) >= 11 is 0. The predicted molar refractivity (Wildman–Crippen MR) is 91.2 cm³/mol. The smallest absolute Gasteiger partial charge is 0.411 e. The largest absolute Gasteiger partial charge is 0.491 e. The van der Waals surface area contributed by atoms with Crippen LogP contribution in [0.4, 0.5) is 10.5 Å². The molecule has 1 heterocycles. The van der Waals surface area contributed by atoms with Crippen molar-refractivity contribution in [3.8, 4) is 5.75 Å². The quantitative estimate of drug-likeness (QED) is 0.687. The first-order valence-corrected chi connectivity index (χ1v) is 8.78.